The second kappa shape index (κ2) is 7.80. The van der Waals surface area contributed by atoms with E-state index >= 15 is 0 Å². The summed E-state index contributed by atoms with van der Waals surface area (Å²) >= 11 is 1.99. The molecule has 0 spiro atoms. The molecule has 1 aliphatic rings. The van der Waals surface area contributed by atoms with Gasteiger partial charge in [-0.3, -0.25) is 0 Å². The summed E-state index contributed by atoms with van der Waals surface area (Å²) in [5.41, 5.74) is 0.809. The van der Waals surface area contributed by atoms with Crippen LogP contribution in [0.2, 0.25) is 0 Å². The van der Waals surface area contributed by atoms with Crippen LogP contribution in [0.3, 0.4) is 0 Å². The van der Waals surface area contributed by atoms with Gasteiger partial charge in [-0.15, -0.1) is 0 Å². The van der Waals surface area contributed by atoms with Crippen molar-refractivity contribution in [3.05, 3.63) is 11.6 Å². The van der Waals surface area contributed by atoms with Crippen LogP contribution in [0.4, 0.5) is 0 Å². The van der Waals surface area contributed by atoms with Crippen LogP contribution in [0.15, 0.2) is 11.6 Å². The van der Waals surface area contributed by atoms with Gasteiger partial charge in [0.1, 0.15) is 0 Å². The summed E-state index contributed by atoms with van der Waals surface area (Å²) in [6, 6.07) is 0. The molecule has 1 fully saturated rings. The van der Waals surface area contributed by atoms with E-state index in [2.05, 4.69) is 6.92 Å². The topological polar surface area (TPSA) is 26.3 Å². The smallest absolute Gasteiger partial charge is 0.333 e. The number of esters is 1. The number of thioether (sulfide) groups is 1. The van der Waals surface area contributed by atoms with Crippen LogP contribution in [0.1, 0.15) is 46.0 Å². The van der Waals surface area contributed by atoms with E-state index < -0.39 is 0 Å². The Hall–Kier alpha value is -0.440. The van der Waals surface area contributed by atoms with E-state index in [0.29, 0.717) is 0 Å². The molecule has 0 radical (unpaired) electrons. The summed E-state index contributed by atoms with van der Waals surface area (Å²) in [6.07, 6.45) is 8.21. The molecule has 0 N–H and O–H groups in total. The van der Waals surface area contributed by atoms with E-state index in [0.717, 1.165) is 28.9 Å². The van der Waals surface area contributed by atoms with Gasteiger partial charge in [-0.2, -0.15) is 11.8 Å². The maximum absolute atomic E-state index is 11.4. The molecule has 0 bridgehead atoms. The molecule has 0 saturated heterocycles. The summed E-state index contributed by atoms with van der Waals surface area (Å²) < 4.78 is 4.75. The predicted octanol–water partition coefficient (Wildman–Crippen LogP) is 3.81. The van der Waals surface area contributed by atoms with Crippen LogP contribution < -0.4 is 0 Å². The van der Waals surface area contributed by atoms with Crippen LogP contribution in [-0.4, -0.2) is 24.1 Å². The van der Waals surface area contributed by atoms with E-state index in [1.54, 1.807) is 0 Å². The second-order valence-corrected chi connectivity index (χ2v) is 6.13. The van der Waals surface area contributed by atoms with E-state index in [1.807, 2.05) is 24.8 Å². The fraction of sp³-hybridized carbons (Fsp3) is 0.786. The Morgan fingerprint density at radius 2 is 2.24 bits per heavy atom. The van der Waals surface area contributed by atoms with Crippen molar-refractivity contribution >= 4 is 17.7 Å². The van der Waals surface area contributed by atoms with Gasteiger partial charge >= 0.3 is 5.97 Å². The third-order valence-corrected chi connectivity index (χ3v) is 4.64. The number of rotatable bonds is 5. The van der Waals surface area contributed by atoms with E-state index in [1.165, 1.54) is 32.8 Å². The second-order valence-electron chi connectivity index (χ2n) is 4.80. The Morgan fingerprint density at radius 3 is 2.82 bits per heavy atom. The lowest BCUT2D eigenvalue weighted by molar-refractivity contribution is -0.136. The summed E-state index contributed by atoms with van der Waals surface area (Å²) in [6.45, 7) is 4.34. The van der Waals surface area contributed by atoms with Crippen molar-refractivity contribution in [2.45, 2.75) is 51.2 Å². The van der Waals surface area contributed by atoms with Crippen molar-refractivity contribution < 1.29 is 9.53 Å². The van der Waals surface area contributed by atoms with Crippen molar-refractivity contribution in [2.24, 2.45) is 5.92 Å². The molecule has 0 heterocycles. The number of hydrogen-bond acceptors (Lipinski definition) is 3. The fourth-order valence-electron chi connectivity index (χ4n) is 2.32. The molecule has 2 atom stereocenters. The summed E-state index contributed by atoms with van der Waals surface area (Å²) in [5, 5.41) is 0.783. The van der Waals surface area contributed by atoms with E-state index in [9.17, 15) is 4.79 Å². The van der Waals surface area contributed by atoms with Crippen molar-refractivity contribution in [2.75, 3.05) is 12.9 Å². The Balaban J connectivity index is 2.34. The van der Waals surface area contributed by atoms with Crippen molar-refractivity contribution in [1.29, 1.82) is 0 Å². The van der Waals surface area contributed by atoms with Gasteiger partial charge in [-0.05, 0) is 25.2 Å². The molecule has 0 aromatic carbocycles. The molecule has 2 nitrogen and oxygen atoms in total. The Bertz CT molecular complexity index is 273. The molecular formula is C14H24O2S. The van der Waals surface area contributed by atoms with Gasteiger partial charge in [0, 0.05) is 16.6 Å². The molecule has 1 saturated carbocycles. The lowest BCUT2D eigenvalue weighted by Gasteiger charge is -2.25. The molecule has 2 unspecified atom stereocenters. The largest absolute Gasteiger partial charge is 0.466 e. The monoisotopic (exact) mass is 256 g/mol. The highest BCUT2D eigenvalue weighted by Crippen LogP contribution is 2.32. The maximum atomic E-state index is 11.4. The summed E-state index contributed by atoms with van der Waals surface area (Å²) in [4.78, 5) is 11.4. The van der Waals surface area contributed by atoms with Gasteiger partial charge in [0.05, 0.1) is 7.11 Å². The normalized spacial score (nSPS) is 25.7. The quantitative estimate of drug-likeness (QED) is 0.553. The van der Waals surface area contributed by atoms with Gasteiger partial charge in [0.15, 0.2) is 0 Å². The average molecular weight is 256 g/mol. The van der Waals surface area contributed by atoms with E-state index in [-0.39, 0.29) is 5.97 Å². The zero-order valence-electron chi connectivity index (χ0n) is 11.2. The lowest BCUT2D eigenvalue weighted by atomic mass is 9.91. The van der Waals surface area contributed by atoms with Crippen molar-refractivity contribution in [3.63, 3.8) is 0 Å². The molecular weight excluding hydrogens is 232 g/mol. The molecule has 3 heteroatoms. The zero-order valence-corrected chi connectivity index (χ0v) is 12.0. The Labute approximate surface area is 109 Å². The minimum absolute atomic E-state index is 0.176. The first-order chi connectivity index (χ1) is 8.17. The number of carbonyl (C=O) groups is 1. The molecule has 1 rings (SSSR count). The van der Waals surface area contributed by atoms with E-state index in [4.69, 9.17) is 4.74 Å². The molecule has 1 aliphatic carbocycles. The van der Waals surface area contributed by atoms with Gasteiger partial charge in [-0.1, -0.05) is 32.8 Å². The summed E-state index contributed by atoms with van der Waals surface area (Å²) in [7, 11) is 1.45. The van der Waals surface area contributed by atoms with Gasteiger partial charge in [-0.25, -0.2) is 4.79 Å². The SMILES string of the molecule is CCC(=CCSC1CCCC(C)C1)C(=O)OC. The standard InChI is InChI=1S/C14H24O2S/c1-4-12(14(15)16-3)8-9-17-13-7-5-6-11(2)10-13/h8,11,13H,4-7,9-10H2,1-3H3. The lowest BCUT2D eigenvalue weighted by Crippen LogP contribution is -2.15. The van der Waals surface area contributed by atoms with Crippen LogP contribution in [0.25, 0.3) is 0 Å². The molecule has 0 aliphatic heterocycles. The predicted molar refractivity (Wildman–Crippen MR) is 74.3 cm³/mol. The Morgan fingerprint density at radius 1 is 1.47 bits per heavy atom. The minimum atomic E-state index is -0.176. The molecule has 0 amide bonds. The van der Waals surface area contributed by atoms with Crippen molar-refractivity contribution in [1.82, 2.24) is 0 Å². The number of ether oxygens (including phenoxy) is 1. The van der Waals surface area contributed by atoms with Crippen molar-refractivity contribution in [3.8, 4) is 0 Å². The third kappa shape index (κ3) is 5.15. The van der Waals surface area contributed by atoms with Crippen LogP contribution in [0.5, 0.6) is 0 Å². The first-order valence-corrected chi connectivity index (χ1v) is 7.61. The number of carbonyl (C=O) groups excluding carboxylic acids is 1. The minimum Gasteiger partial charge on any atom is -0.466 e. The van der Waals surface area contributed by atoms with Crippen LogP contribution in [0, 0.1) is 5.92 Å². The first-order valence-electron chi connectivity index (χ1n) is 6.56. The molecule has 0 aromatic rings. The van der Waals surface area contributed by atoms with Crippen LogP contribution in [-0.2, 0) is 9.53 Å². The van der Waals surface area contributed by atoms with Gasteiger partial charge < -0.3 is 4.74 Å². The molecule has 17 heavy (non-hydrogen) atoms. The average Bonchev–Trinajstić information content (AvgIpc) is 2.34. The molecule has 0 aromatic heterocycles. The summed E-state index contributed by atoms with van der Waals surface area (Å²) in [5.74, 6) is 1.64. The molecule has 98 valence electrons. The van der Waals surface area contributed by atoms with Crippen LogP contribution >= 0.6 is 11.8 Å². The Kier molecular flexibility index (Phi) is 6.71. The van der Waals surface area contributed by atoms with Gasteiger partial charge in [0.25, 0.3) is 0 Å². The maximum Gasteiger partial charge on any atom is 0.333 e. The first kappa shape index (κ1) is 14.6. The fourth-order valence-corrected chi connectivity index (χ4v) is 3.69. The number of hydrogen-bond donors (Lipinski definition) is 0. The highest BCUT2D eigenvalue weighted by molar-refractivity contribution is 8.00. The number of methoxy groups -OCH3 is 1. The highest BCUT2D eigenvalue weighted by atomic mass is 32.2. The third-order valence-electron chi connectivity index (χ3n) is 3.38. The zero-order chi connectivity index (χ0) is 12.7. The van der Waals surface area contributed by atoms with Gasteiger partial charge in [0.2, 0.25) is 0 Å². The highest BCUT2D eigenvalue weighted by Gasteiger charge is 2.18.